The Morgan fingerprint density at radius 1 is 1.16 bits per heavy atom. The summed E-state index contributed by atoms with van der Waals surface area (Å²) in [6, 6.07) is 6.50. The standard InChI is InChI=1S/C23H27N3O3S2/c24-22(27)11-17-8-16(18-9-19(30-14-18)13-26-4-1-5-26)10-20-21(12-25-23(17)20)15-2-6-31(28,29)7-3-15/h8-10,12,14-15,25H,1-7,11,13H2,(H2,24,27). The summed E-state index contributed by atoms with van der Waals surface area (Å²) >= 11 is 1.77. The van der Waals surface area contributed by atoms with Crippen molar-refractivity contribution in [1.82, 2.24) is 9.88 Å². The first-order chi connectivity index (χ1) is 14.9. The molecule has 0 radical (unpaired) electrons. The summed E-state index contributed by atoms with van der Waals surface area (Å²) in [5, 5.41) is 3.26. The molecule has 164 valence electrons. The number of likely N-dealkylation sites (tertiary alicyclic amines) is 1. The Labute approximate surface area is 186 Å². The van der Waals surface area contributed by atoms with Gasteiger partial charge in [-0.1, -0.05) is 0 Å². The van der Waals surface area contributed by atoms with Crippen LogP contribution in [0.2, 0.25) is 0 Å². The number of aromatic nitrogens is 1. The third kappa shape index (κ3) is 4.29. The number of carbonyl (C=O) groups excluding carboxylic acids is 1. The lowest BCUT2D eigenvalue weighted by Gasteiger charge is -2.29. The molecular formula is C23H27N3O3S2. The van der Waals surface area contributed by atoms with E-state index in [0.29, 0.717) is 12.8 Å². The highest BCUT2D eigenvalue weighted by Gasteiger charge is 2.27. The van der Waals surface area contributed by atoms with Gasteiger partial charge in [0.2, 0.25) is 5.91 Å². The Kier molecular flexibility index (Phi) is 5.40. The van der Waals surface area contributed by atoms with Gasteiger partial charge in [-0.15, -0.1) is 11.3 Å². The number of aromatic amines is 1. The van der Waals surface area contributed by atoms with Crippen LogP contribution in [0, 0.1) is 0 Å². The lowest BCUT2D eigenvalue weighted by molar-refractivity contribution is -0.117. The van der Waals surface area contributed by atoms with E-state index in [0.717, 1.165) is 39.7 Å². The number of thiophene rings is 1. The van der Waals surface area contributed by atoms with Crippen molar-refractivity contribution in [2.75, 3.05) is 24.6 Å². The van der Waals surface area contributed by atoms with Crippen LogP contribution in [0.5, 0.6) is 0 Å². The average Bonchev–Trinajstić information content (AvgIpc) is 3.31. The predicted octanol–water partition coefficient (Wildman–Crippen LogP) is 3.42. The molecule has 0 bridgehead atoms. The molecule has 0 atom stereocenters. The highest BCUT2D eigenvalue weighted by atomic mass is 32.2. The lowest BCUT2D eigenvalue weighted by Crippen LogP contribution is -2.35. The van der Waals surface area contributed by atoms with Gasteiger partial charge in [0.05, 0.1) is 17.9 Å². The van der Waals surface area contributed by atoms with Gasteiger partial charge in [0.15, 0.2) is 0 Å². The molecule has 0 unspecified atom stereocenters. The number of sulfone groups is 1. The number of hydrogen-bond acceptors (Lipinski definition) is 5. The fourth-order valence-corrected chi connectivity index (χ4v) is 7.16. The molecule has 2 aliphatic heterocycles. The molecule has 5 rings (SSSR count). The smallest absolute Gasteiger partial charge is 0.221 e. The molecule has 0 saturated carbocycles. The van der Waals surface area contributed by atoms with E-state index >= 15 is 0 Å². The van der Waals surface area contributed by atoms with E-state index in [-0.39, 0.29) is 29.8 Å². The van der Waals surface area contributed by atoms with Gasteiger partial charge < -0.3 is 10.7 Å². The third-order valence-electron chi connectivity index (χ3n) is 6.58. The van der Waals surface area contributed by atoms with Crippen LogP contribution >= 0.6 is 11.3 Å². The Morgan fingerprint density at radius 3 is 2.61 bits per heavy atom. The molecule has 8 heteroatoms. The number of nitrogens with zero attached hydrogens (tertiary/aromatic N) is 1. The van der Waals surface area contributed by atoms with E-state index in [1.165, 1.54) is 24.4 Å². The van der Waals surface area contributed by atoms with Gasteiger partial charge in [0, 0.05) is 28.5 Å². The average molecular weight is 458 g/mol. The minimum atomic E-state index is -2.91. The number of benzene rings is 1. The van der Waals surface area contributed by atoms with Gasteiger partial charge in [0.1, 0.15) is 9.84 Å². The normalized spacial score (nSPS) is 19.5. The molecule has 3 aromatic rings. The zero-order valence-corrected chi connectivity index (χ0v) is 19.0. The molecule has 1 aromatic carbocycles. The van der Waals surface area contributed by atoms with Crippen LogP contribution in [0.25, 0.3) is 22.0 Å². The number of H-pyrrole nitrogens is 1. The van der Waals surface area contributed by atoms with Gasteiger partial charge in [-0.3, -0.25) is 9.69 Å². The van der Waals surface area contributed by atoms with Gasteiger partial charge in [-0.05, 0) is 84.1 Å². The Bertz CT molecular complexity index is 1220. The van der Waals surface area contributed by atoms with Crippen LogP contribution in [0.1, 0.15) is 41.2 Å². The van der Waals surface area contributed by atoms with Crippen molar-refractivity contribution >= 4 is 38.0 Å². The van der Waals surface area contributed by atoms with Crippen molar-refractivity contribution in [2.45, 2.75) is 38.1 Å². The topological polar surface area (TPSA) is 96.3 Å². The van der Waals surface area contributed by atoms with E-state index in [9.17, 15) is 13.2 Å². The van der Waals surface area contributed by atoms with Crippen LogP contribution in [-0.2, 0) is 27.6 Å². The van der Waals surface area contributed by atoms with Crippen LogP contribution in [0.4, 0.5) is 0 Å². The second-order valence-electron chi connectivity index (χ2n) is 8.80. The number of primary amides is 1. The van der Waals surface area contributed by atoms with E-state index in [4.69, 9.17) is 5.73 Å². The highest BCUT2D eigenvalue weighted by molar-refractivity contribution is 7.91. The number of nitrogens with one attached hydrogen (secondary N) is 1. The molecule has 31 heavy (non-hydrogen) atoms. The van der Waals surface area contributed by atoms with E-state index in [1.807, 2.05) is 6.20 Å². The lowest BCUT2D eigenvalue weighted by atomic mass is 9.91. The molecule has 2 fully saturated rings. The van der Waals surface area contributed by atoms with Crippen molar-refractivity contribution in [3.63, 3.8) is 0 Å². The van der Waals surface area contributed by atoms with Crippen LogP contribution < -0.4 is 5.73 Å². The molecule has 4 heterocycles. The summed E-state index contributed by atoms with van der Waals surface area (Å²) in [7, 11) is -2.91. The molecular weight excluding hydrogens is 430 g/mol. The van der Waals surface area contributed by atoms with Crippen LogP contribution in [0.3, 0.4) is 0 Å². The number of nitrogens with two attached hydrogens (primary N) is 1. The number of fused-ring (bicyclic) bond motifs is 1. The minimum Gasteiger partial charge on any atom is -0.369 e. The fourth-order valence-electron chi connectivity index (χ4n) is 4.74. The zero-order chi connectivity index (χ0) is 21.6. The predicted molar refractivity (Wildman–Crippen MR) is 125 cm³/mol. The molecule has 2 aromatic heterocycles. The zero-order valence-electron chi connectivity index (χ0n) is 17.4. The summed E-state index contributed by atoms with van der Waals surface area (Å²) in [6.45, 7) is 3.34. The Hall–Kier alpha value is -2.16. The van der Waals surface area contributed by atoms with Crippen LogP contribution in [0.15, 0.2) is 29.8 Å². The maximum atomic E-state index is 11.9. The van der Waals surface area contributed by atoms with E-state index in [2.05, 4.69) is 33.5 Å². The first-order valence-electron chi connectivity index (χ1n) is 10.8. The highest BCUT2D eigenvalue weighted by Crippen LogP contribution is 2.38. The summed E-state index contributed by atoms with van der Waals surface area (Å²) in [5.74, 6) is 0.325. The first kappa shape index (κ1) is 20.7. The maximum Gasteiger partial charge on any atom is 0.221 e. The van der Waals surface area contributed by atoms with Gasteiger partial charge in [0.25, 0.3) is 0 Å². The van der Waals surface area contributed by atoms with Crippen molar-refractivity contribution in [1.29, 1.82) is 0 Å². The van der Waals surface area contributed by atoms with E-state index in [1.54, 1.807) is 11.3 Å². The summed E-state index contributed by atoms with van der Waals surface area (Å²) in [4.78, 5) is 18.9. The Morgan fingerprint density at radius 2 is 1.94 bits per heavy atom. The fraction of sp³-hybridized carbons (Fsp3) is 0.435. The number of rotatable bonds is 6. The monoisotopic (exact) mass is 457 g/mol. The molecule has 2 aliphatic rings. The van der Waals surface area contributed by atoms with Gasteiger partial charge in [-0.25, -0.2) is 8.42 Å². The SMILES string of the molecule is NC(=O)Cc1cc(-c2csc(CN3CCC3)c2)cc2c(C3CCS(=O)(=O)CC3)c[nH]c12. The molecule has 1 amide bonds. The minimum absolute atomic E-state index is 0.175. The summed E-state index contributed by atoms with van der Waals surface area (Å²) in [6.07, 6.45) is 4.73. The first-order valence-corrected chi connectivity index (χ1v) is 13.5. The maximum absolute atomic E-state index is 11.9. The largest absolute Gasteiger partial charge is 0.369 e. The van der Waals surface area contributed by atoms with Crippen molar-refractivity contribution < 1.29 is 13.2 Å². The van der Waals surface area contributed by atoms with Gasteiger partial charge >= 0.3 is 0 Å². The third-order valence-corrected chi connectivity index (χ3v) is 9.21. The van der Waals surface area contributed by atoms with Gasteiger partial charge in [-0.2, -0.15) is 0 Å². The quantitative estimate of drug-likeness (QED) is 0.593. The second-order valence-corrected chi connectivity index (χ2v) is 12.1. The Balaban J connectivity index is 1.53. The second kappa shape index (κ2) is 8.07. The van der Waals surface area contributed by atoms with Crippen molar-refractivity contribution in [3.05, 3.63) is 45.8 Å². The van der Waals surface area contributed by atoms with Crippen molar-refractivity contribution in [3.8, 4) is 11.1 Å². The summed E-state index contributed by atoms with van der Waals surface area (Å²) < 4.78 is 23.8. The number of carbonyl (C=O) groups is 1. The van der Waals surface area contributed by atoms with E-state index < -0.39 is 9.84 Å². The van der Waals surface area contributed by atoms with Crippen molar-refractivity contribution in [2.24, 2.45) is 5.73 Å². The molecule has 0 spiro atoms. The molecule has 3 N–H and O–H groups in total. The summed E-state index contributed by atoms with van der Waals surface area (Å²) in [5.41, 5.74) is 10.8. The molecule has 0 aliphatic carbocycles. The van der Waals surface area contributed by atoms with Crippen LogP contribution in [-0.4, -0.2) is 48.8 Å². The number of hydrogen-bond donors (Lipinski definition) is 2. The number of amides is 1. The molecule has 2 saturated heterocycles. The molecule has 6 nitrogen and oxygen atoms in total.